The molecule has 0 spiro atoms. The molecule has 1 N–H and O–H groups in total. The highest BCUT2D eigenvalue weighted by Gasteiger charge is 2.31. The first kappa shape index (κ1) is 22.6. The van der Waals surface area contributed by atoms with E-state index >= 15 is 0 Å². The standard InChI is InChI=1S/C24H39N5O/c1-4-25-24(29-17-13-21(19-29)18-20-10-6-5-7-11-20)26-14-9-16-28-15-8-12-22(28)23(30)27(2)3/h5-7,10-11,21-22H,4,8-9,12-19H2,1-3H3,(H,25,26). The molecule has 6 nitrogen and oxygen atoms in total. The van der Waals surface area contributed by atoms with E-state index in [0.29, 0.717) is 5.92 Å². The minimum Gasteiger partial charge on any atom is -0.357 e. The minimum atomic E-state index is 0.0644. The fourth-order valence-electron chi connectivity index (χ4n) is 4.70. The Morgan fingerprint density at radius 2 is 2.00 bits per heavy atom. The van der Waals surface area contributed by atoms with Crippen LogP contribution in [0.4, 0.5) is 0 Å². The Morgan fingerprint density at radius 1 is 1.20 bits per heavy atom. The maximum atomic E-state index is 12.4. The van der Waals surface area contributed by atoms with E-state index in [1.807, 2.05) is 14.1 Å². The molecule has 30 heavy (non-hydrogen) atoms. The number of aliphatic imine (C=N–C) groups is 1. The average molecular weight is 414 g/mol. The van der Waals surface area contributed by atoms with E-state index in [1.165, 1.54) is 12.0 Å². The summed E-state index contributed by atoms with van der Waals surface area (Å²) < 4.78 is 0. The second-order valence-corrected chi connectivity index (χ2v) is 8.81. The maximum absolute atomic E-state index is 12.4. The Bertz CT molecular complexity index is 690. The van der Waals surface area contributed by atoms with Crippen LogP contribution in [0.25, 0.3) is 0 Å². The number of guanidine groups is 1. The first-order chi connectivity index (χ1) is 14.6. The number of hydrogen-bond donors (Lipinski definition) is 1. The van der Waals surface area contributed by atoms with Crippen LogP contribution in [0.5, 0.6) is 0 Å². The van der Waals surface area contributed by atoms with Gasteiger partial charge in [0.05, 0.1) is 6.04 Å². The van der Waals surface area contributed by atoms with Crippen molar-refractivity contribution < 1.29 is 4.79 Å². The quantitative estimate of drug-likeness (QED) is 0.404. The molecule has 3 rings (SSSR count). The summed E-state index contributed by atoms with van der Waals surface area (Å²) in [4.78, 5) is 23.8. The molecule has 2 heterocycles. The minimum absolute atomic E-state index is 0.0644. The molecular weight excluding hydrogens is 374 g/mol. The van der Waals surface area contributed by atoms with E-state index in [1.54, 1.807) is 4.90 Å². The molecular formula is C24H39N5O. The monoisotopic (exact) mass is 413 g/mol. The number of rotatable bonds is 8. The highest BCUT2D eigenvalue weighted by molar-refractivity contribution is 5.81. The lowest BCUT2D eigenvalue weighted by Gasteiger charge is -2.26. The summed E-state index contributed by atoms with van der Waals surface area (Å²) in [7, 11) is 3.71. The predicted octanol–water partition coefficient (Wildman–Crippen LogP) is 2.46. The summed E-state index contributed by atoms with van der Waals surface area (Å²) in [6.45, 7) is 7.97. The molecule has 0 aliphatic carbocycles. The Balaban J connectivity index is 1.47. The van der Waals surface area contributed by atoms with Gasteiger partial charge in [0.1, 0.15) is 0 Å². The van der Waals surface area contributed by atoms with Crippen molar-refractivity contribution in [2.24, 2.45) is 10.9 Å². The van der Waals surface area contributed by atoms with Crippen LogP contribution in [0.3, 0.4) is 0 Å². The molecule has 0 radical (unpaired) electrons. The van der Waals surface area contributed by atoms with Gasteiger partial charge in [-0.2, -0.15) is 0 Å². The lowest BCUT2D eigenvalue weighted by atomic mass is 9.99. The largest absolute Gasteiger partial charge is 0.357 e. The van der Waals surface area contributed by atoms with Gasteiger partial charge in [0.15, 0.2) is 5.96 Å². The fourth-order valence-corrected chi connectivity index (χ4v) is 4.70. The summed E-state index contributed by atoms with van der Waals surface area (Å²) in [5.41, 5.74) is 1.43. The van der Waals surface area contributed by atoms with Gasteiger partial charge < -0.3 is 15.1 Å². The van der Waals surface area contributed by atoms with Gasteiger partial charge in [0.2, 0.25) is 5.91 Å². The Kier molecular flexibility index (Phi) is 8.55. The van der Waals surface area contributed by atoms with Gasteiger partial charge in [-0.3, -0.25) is 14.7 Å². The van der Waals surface area contributed by atoms with Crippen molar-refractivity contribution >= 4 is 11.9 Å². The van der Waals surface area contributed by atoms with Crippen molar-refractivity contribution in [3.8, 4) is 0 Å². The van der Waals surface area contributed by atoms with E-state index in [4.69, 9.17) is 4.99 Å². The molecule has 2 atom stereocenters. The zero-order valence-electron chi connectivity index (χ0n) is 19.0. The smallest absolute Gasteiger partial charge is 0.239 e. The molecule has 2 unspecified atom stereocenters. The van der Waals surface area contributed by atoms with Crippen molar-refractivity contribution in [3.63, 3.8) is 0 Å². The lowest BCUT2D eigenvalue weighted by molar-refractivity contribution is -0.133. The summed E-state index contributed by atoms with van der Waals surface area (Å²) in [6.07, 6.45) is 5.47. The molecule has 2 aliphatic rings. The van der Waals surface area contributed by atoms with Gasteiger partial charge in [-0.15, -0.1) is 0 Å². The molecule has 0 saturated carbocycles. The van der Waals surface area contributed by atoms with Crippen LogP contribution < -0.4 is 5.32 Å². The van der Waals surface area contributed by atoms with Gasteiger partial charge in [-0.05, 0) is 57.1 Å². The number of amides is 1. The topological polar surface area (TPSA) is 51.2 Å². The van der Waals surface area contributed by atoms with E-state index < -0.39 is 0 Å². The highest BCUT2D eigenvalue weighted by atomic mass is 16.2. The summed E-state index contributed by atoms with van der Waals surface area (Å²) >= 11 is 0. The molecule has 1 aromatic carbocycles. The molecule has 2 fully saturated rings. The van der Waals surface area contributed by atoms with Gasteiger partial charge in [-0.25, -0.2) is 0 Å². The molecule has 0 aromatic heterocycles. The lowest BCUT2D eigenvalue weighted by Crippen LogP contribution is -2.43. The zero-order chi connectivity index (χ0) is 21.3. The van der Waals surface area contributed by atoms with Crippen LogP contribution in [0.1, 0.15) is 38.2 Å². The molecule has 6 heteroatoms. The third-order valence-electron chi connectivity index (χ3n) is 6.24. The van der Waals surface area contributed by atoms with Gasteiger partial charge in [0, 0.05) is 46.8 Å². The van der Waals surface area contributed by atoms with Crippen molar-refractivity contribution in [1.29, 1.82) is 0 Å². The van der Waals surface area contributed by atoms with Gasteiger partial charge >= 0.3 is 0 Å². The van der Waals surface area contributed by atoms with E-state index in [-0.39, 0.29) is 11.9 Å². The SMILES string of the molecule is CCNC(=NCCCN1CCCC1C(=O)N(C)C)N1CCC(Cc2ccccc2)C1. The Morgan fingerprint density at radius 3 is 2.73 bits per heavy atom. The molecule has 1 amide bonds. The number of nitrogens with zero attached hydrogens (tertiary/aromatic N) is 4. The third-order valence-corrected chi connectivity index (χ3v) is 6.24. The van der Waals surface area contributed by atoms with Crippen LogP contribution in [0.2, 0.25) is 0 Å². The number of nitrogens with one attached hydrogen (secondary N) is 1. The molecule has 2 saturated heterocycles. The summed E-state index contributed by atoms with van der Waals surface area (Å²) in [5.74, 6) is 1.99. The Hall–Kier alpha value is -2.08. The number of likely N-dealkylation sites (N-methyl/N-ethyl adjacent to an activating group) is 1. The Labute approximate surface area is 182 Å². The van der Waals surface area contributed by atoms with Gasteiger partial charge in [-0.1, -0.05) is 30.3 Å². The summed E-state index contributed by atoms with van der Waals surface area (Å²) in [5, 5.41) is 3.48. The number of carbonyl (C=O) groups excluding carboxylic acids is 1. The number of hydrogen-bond acceptors (Lipinski definition) is 3. The zero-order valence-corrected chi connectivity index (χ0v) is 19.0. The molecule has 1 aromatic rings. The normalized spacial score (nSPS) is 22.5. The third kappa shape index (κ3) is 6.21. The van der Waals surface area contributed by atoms with E-state index in [2.05, 4.69) is 52.4 Å². The number of likely N-dealkylation sites (tertiary alicyclic amines) is 2. The van der Waals surface area contributed by atoms with Gasteiger partial charge in [0.25, 0.3) is 0 Å². The van der Waals surface area contributed by atoms with Crippen molar-refractivity contribution in [2.75, 3.05) is 53.4 Å². The molecule has 2 aliphatic heterocycles. The van der Waals surface area contributed by atoms with Crippen molar-refractivity contribution in [3.05, 3.63) is 35.9 Å². The van der Waals surface area contributed by atoms with E-state index in [9.17, 15) is 4.79 Å². The van der Waals surface area contributed by atoms with Crippen molar-refractivity contribution in [1.82, 2.24) is 20.0 Å². The fraction of sp³-hybridized carbons (Fsp3) is 0.667. The van der Waals surface area contributed by atoms with Crippen LogP contribution in [-0.4, -0.2) is 86.0 Å². The predicted molar refractivity (Wildman–Crippen MR) is 124 cm³/mol. The first-order valence-electron chi connectivity index (χ1n) is 11.6. The summed E-state index contributed by atoms with van der Waals surface area (Å²) in [6, 6.07) is 10.9. The highest BCUT2D eigenvalue weighted by Crippen LogP contribution is 2.21. The second-order valence-electron chi connectivity index (χ2n) is 8.81. The van der Waals surface area contributed by atoms with Crippen LogP contribution in [-0.2, 0) is 11.2 Å². The number of benzene rings is 1. The maximum Gasteiger partial charge on any atom is 0.239 e. The van der Waals surface area contributed by atoms with Crippen molar-refractivity contribution in [2.45, 2.75) is 45.1 Å². The van der Waals surface area contributed by atoms with Crippen LogP contribution in [0.15, 0.2) is 35.3 Å². The second kappa shape index (κ2) is 11.3. The molecule has 0 bridgehead atoms. The molecule has 166 valence electrons. The average Bonchev–Trinajstić information content (AvgIpc) is 3.40. The van der Waals surface area contributed by atoms with E-state index in [0.717, 1.165) is 70.9 Å². The first-order valence-corrected chi connectivity index (χ1v) is 11.6. The van der Waals surface area contributed by atoms with Crippen LogP contribution in [0, 0.1) is 5.92 Å². The van der Waals surface area contributed by atoms with Crippen LogP contribution >= 0.6 is 0 Å². The number of carbonyl (C=O) groups is 1.